The molecule has 4 aliphatic heterocycles. The van der Waals surface area contributed by atoms with E-state index in [-0.39, 0.29) is 36.6 Å². The first kappa shape index (κ1) is 12.8. The first-order valence-corrected chi connectivity index (χ1v) is 6.58. The highest BCUT2D eigenvalue weighted by molar-refractivity contribution is 4.82. The molecule has 4 saturated heterocycles. The van der Waals surface area contributed by atoms with E-state index in [1.807, 2.05) is 0 Å². The van der Waals surface area contributed by atoms with Crippen LogP contribution in [0.3, 0.4) is 0 Å². The standard InChI is InChI=1S/2C6H10O3/c2*7-5-3-9-6-4(5)1-2-8-6/h2*4-7H,1-3H2/t4-,5+,6+;4-,5-,6+/m11/s1. The molecule has 0 aromatic rings. The Kier molecular flexibility index (Phi) is 3.83. The monoisotopic (exact) mass is 260 g/mol. The van der Waals surface area contributed by atoms with Gasteiger partial charge in [0, 0.05) is 11.8 Å². The zero-order valence-corrected chi connectivity index (χ0v) is 10.2. The highest BCUT2D eigenvalue weighted by atomic mass is 16.7. The van der Waals surface area contributed by atoms with Crippen LogP contribution in [-0.4, -0.2) is 61.4 Å². The first-order chi connectivity index (χ1) is 8.75. The normalized spacial score (nSPS) is 49.7. The quantitative estimate of drug-likeness (QED) is 0.610. The number of aliphatic hydroxyl groups is 2. The van der Waals surface area contributed by atoms with Gasteiger partial charge in [-0.15, -0.1) is 0 Å². The van der Waals surface area contributed by atoms with E-state index in [1.165, 1.54) is 0 Å². The lowest BCUT2D eigenvalue weighted by molar-refractivity contribution is -0.0909. The van der Waals surface area contributed by atoms with Gasteiger partial charge in [0.25, 0.3) is 0 Å². The van der Waals surface area contributed by atoms with Crippen molar-refractivity contribution in [3.8, 4) is 0 Å². The average Bonchev–Trinajstić information content (AvgIpc) is 3.06. The van der Waals surface area contributed by atoms with Crippen LogP contribution in [0.5, 0.6) is 0 Å². The van der Waals surface area contributed by atoms with Gasteiger partial charge in [-0.1, -0.05) is 0 Å². The fraction of sp³-hybridized carbons (Fsp3) is 1.00. The number of hydrogen-bond donors (Lipinski definition) is 2. The van der Waals surface area contributed by atoms with Crippen LogP contribution in [0.15, 0.2) is 0 Å². The molecule has 0 aliphatic carbocycles. The van der Waals surface area contributed by atoms with Crippen molar-refractivity contribution in [1.29, 1.82) is 0 Å². The maximum absolute atomic E-state index is 9.19. The van der Waals surface area contributed by atoms with E-state index in [9.17, 15) is 10.2 Å². The van der Waals surface area contributed by atoms with Crippen molar-refractivity contribution in [1.82, 2.24) is 0 Å². The Hall–Kier alpha value is -0.240. The summed E-state index contributed by atoms with van der Waals surface area (Å²) in [5.41, 5.74) is 0. The van der Waals surface area contributed by atoms with Crippen molar-refractivity contribution in [2.75, 3.05) is 26.4 Å². The molecule has 0 spiro atoms. The van der Waals surface area contributed by atoms with Crippen LogP contribution in [0.2, 0.25) is 0 Å². The Labute approximate surface area is 106 Å². The summed E-state index contributed by atoms with van der Waals surface area (Å²) in [6.07, 6.45) is 1.15. The molecule has 0 unspecified atom stereocenters. The lowest BCUT2D eigenvalue weighted by atomic mass is 10.0. The summed E-state index contributed by atoms with van der Waals surface area (Å²) in [6.45, 7) is 2.39. The van der Waals surface area contributed by atoms with E-state index in [4.69, 9.17) is 18.9 Å². The zero-order valence-electron chi connectivity index (χ0n) is 10.2. The summed E-state index contributed by atoms with van der Waals surface area (Å²) >= 11 is 0. The second kappa shape index (κ2) is 5.40. The molecule has 6 nitrogen and oxygen atoms in total. The molecule has 0 bridgehead atoms. The molecule has 0 amide bonds. The van der Waals surface area contributed by atoms with Gasteiger partial charge in [0.15, 0.2) is 12.6 Å². The SMILES string of the molecule is O[C@@H]1CO[C@@H]2OCC[C@@H]21.O[C@H]1CO[C@@H]2OCC[C@@H]21. The van der Waals surface area contributed by atoms with Gasteiger partial charge < -0.3 is 29.2 Å². The van der Waals surface area contributed by atoms with Crippen LogP contribution in [0.1, 0.15) is 12.8 Å². The summed E-state index contributed by atoms with van der Waals surface area (Å²) in [5.74, 6) is 0.509. The van der Waals surface area contributed by atoms with Crippen molar-refractivity contribution in [2.45, 2.75) is 37.6 Å². The molecular formula is C12H20O6. The van der Waals surface area contributed by atoms with Crippen molar-refractivity contribution in [3.05, 3.63) is 0 Å². The van der Waals surface area contributed by atoms with Gasteiger partial charge in [0.1, 0.15) is 0 Å². The fourth-order valence-electron chi connectivity index (χ4n) is 2.88. The number of hydrogen-bond acceptors (Lipinski definition) is 6. The molecule has 104 valence electrons. The second-order valence-electron chi connectivity index (χ2n) is 5.18. The fourth-order valence-corrected chi connectivity index (χ4v) is 2.88. The van der Waals surface area contributed by atoms with E-state index >= 15 is 0 Å². The second-order valence-corrected chi connectivity index (χ2v) is 5.18. The van der Waals surface area contributed by atoms with Crippen molar-refractivity contribution < 1.29 is 29.2 Å². The van der Waals surface area contributed by atoms with Crippen molar-refractivity contribution >= 4 is 0 Å². The van der Waals surface area contributed by atoms with Crippen LogP contribution >= 0.6 is 0 Å². The maximum Gasteiger partial charge on any atom is 0.163 e. The van der Waals surface area contributed by atoms with E-state index < -0.39 is 0 Å². The molecule has 4 fully saturated rings. The van der Waals surface area contributed by atoms with Crippen LogP contribution in [0.4, 0.5) is 0 Å². The minimum absolute atomic E-state index is 0.0972. The Morgan fingerprint density at radius 2 is 1.11 bits per heavy atom. The van der Waals surface area contributed by atoms with Crippen LogP contribution < -0.4 is 0 Å². The molecule has 4 heterocycles. The van der Waals surface area contributed by atoms with Crippen molar-refractivity contribution in [2.24, 2.45) is 11.8 Å². The average molecular weight is 260 g/mol. The lowest BCUT2D eigenvalue weighted by Crippen LogP contribution is -2.18. The smallest absolute Gasteiger partial charge is 0.163 e. The summed E-state index contributed by atoms with van der Waals surface area (Å²) in [7, 11) is 0. The topological polar surface area (TPSA) is 77.4 Å². The van der Waals surface area contributed by atoms with E-state index in [0.717, 1.165) is 26.1 Å². The summed E-state index contributed by atoms with van der Waals surface area (Å²) in [5, 5.41) is 18.4. The predicted octanol–water partition coefficient (Wildman–Crippen LogP) is -0.520. The van der Waals surface area contributed by atoms with Gasteiger partial charge in [-0.2, -0.15) is 0 Å². The summed E-state index contributed by atoms with van der Waals surface area (Å²) < 4.78 is 20.6. The number of rotatable bonds is 0. The minimum atomic E-state index is -0.280. The number of aliphatic hydroxyl groups excluding tert-OH is 2. The Morgan fingerprint density at radius 3 is 1.50 bits per heavy atom. The van der Waals surface area contributed by atoms with Crippen molar-refractivity contribution in [3.63, 3.8) is 0 Å². The molecular weight excluding hydrogens is 240 g/mol. The molecule has 4 rings (SSSR count). The molecule has 6 heteroatoms. The minimum Gasteiger partial charge on any atom is -0.390 e. The summed E-state index contributed by atoms with van der Waals surface area (Å²) in [6, 6.07) is 0. The molecule has 18 heavy (non-hydrogen) atoms. The van der Waals surface area contributed by atoms with E-state index in [1.54, 1.807) is 0 Å². The largest absolute Gasteiger partial charge is 0.390 e. The Morgan fingerprint density at radius 1 is 0.667 bits per heavy atom. The van der Waals surface area contributed by atoms with Gasteiger partial charge in [-0.25, -0.2) is 0 Å². The maximum atomic E-state index is 9.19. The first-order valence-electron chi connectivity index (χ1n) is 6.58. The third kappa shape index (κ3) is 2.41. The molecule has 0 radical (unpaired) electrons. The molecule has 0 aromatic carbocycles. The van der Waals surface area contributed by atoms with Gasteiger partial charge in [0.2, 0.25) is 0 Å². The lowest BCUT2D eigenvalue weighted by Gasteiger charge is -2.06. The van der Waals surface area contributed by atoms with Gasteiger partial charge in [0.05, 0.1) is 38.6 Å². The molecule has 0 saturated carbocycles. The third-order valence-corrected chi connectivity index (χ3v) is 4.02. The zero-order chi connectivity index (χ0) is 12.5. The Bertz CT molecular complexity index is 258. The van der Waals surface area contributed by atoms with Crippen LogP contribution in [0, 0.1) is 11.8 Å². The van der Waals surface area contributed by atoms with Crippen LogP contribution in [-0.2, 0) is 18.9 Å². The highest BCUT2D eigenvalue weighted by Gasteiger charge is 2.41. The van der Waals surface area contributed by atoms with Gasteiger partial charge in [-0.05, 0) is 12.8 Å². The molecule has 6 atom stereocenters. The van der Waals surface area contributed by atoms with Gasteiger partial charge >= 0.3 is 0 Å². The third-order valence-electron chi connectivity index (χ3n) is 4.02. The predicted molar refractivity (Wildman–Crippen MR) is 59.6 cm³/mol. The number of fused-ring (bicyclic) bond motifs is 2. The van der Waals surface area contributed by atoms with Gasteiger partial charge in [-0.3, -0.25) is 0 Å². The Balaban J connectivity index is 0.000000111. The molecule has 4 aliphatic rings. The van der Waals surface area contributed by atoms with E-state index in [2.05, 4.69) is 0 Å². The van der Waals surface area contributed by atoms with E-state index in [0.29, 0.717) is 13.2 Å². The van der Waals surface area contributed by atoms with Crippen LogP contribution in [0.25, 0.3) is 0 Å². The summed E-state index contributed by atoms with van der Waals surface area (Å²) in [4.78, 5) is 0. The highest BCUT2D eigenvalue weighted by Crippen LogP contribution is 2.31. The number of ether oxygens (including phenoxy) is 4. The molecule has 2 N–H and O–H groups in total. The molecule has 0 aromatic heterocycles.